The Morgan fingerprint density at radius 3 is 2.45 bits per heavy atom. The number of esters is 1. The predicted molar refractivity (Wildman–Crippen MR) is 78.3 cm³/mol. The monoisotopic (exact) mass is 284 g/mol. The molecule has 0 unspecified atom stereocenters. The fourth-order valence-electron chi connectivity index (χ4n) is 2.15. The molecule has 0 heterocycles. The van der Waals surface area contributed by atoms with Crippen molar-refractivity contribution in [1.82, 2.24) is 10.2 Å². The van der Waals surface area contributed by atoms with E-state index in [2.05, 4.69) is 23.9 Å². The largest absolute Gasteiger partial charge is 0.468 e. The van der Waals surface area contributed by atoms with Crippen molar-refractivity contribution in [3.63, 3.8) is 0 Å². The molecule has 1 N–H and O–H groups in total. The van der Waals surface area contributed by atoms with Crippen LogP contribution in [0.15, 0.2) is 0 Å². The zero-order valence-electron chi connectivity index (χ0n) is 13.0. The van der Waals surface area contributed by atoms with Gasteiger partial charge in [0, 0.05) is 6.54 Å². The number of nitrogens with zero attached hydrogens (tertiary/aromatic N) is 1. The minimum absolute atomic E-state index is 0.0112. The molecule has 1 aliphatic rings. The van der Waals surface area contributed by atoms with Crippen LogP contribution in [0, 0.1) is 11.8 Å². The van der Waals surface area contributed by atoms with Crippen molar-refractivity contribution in [3.05, 3.63) is 0 Å². The maximum Gasteiger partial charge on any atom is 0.325 e. The lowest BCUT2D eigenvalue weighted by atomic mass is 10.0. The Balaban J connectivity index is 2.44. The average Bonchev–Trinajstić information content (AvgIpc) is 3.27. The van der Waals surface area contributed by atoms with Crippen molar-refractivity contribution in [1.29, 1.82) is 0 Å². The molecule has 0 radical (unpaired) electrons. The molecule has 1 rings (SSSR count). The van der Waals surface area contributed by atoms with Crippen LogP contribution in [0.25, 0.3) is 0 Å². The normalized spacial score (nSPS) is 14.4. The van der Waals surface area contributed by atoms with E-state index in [-0.39, 0.29) is 18.4 Å². The number of hydrogen-bond donors (Lipinski definition) is 1. The molecule has 1 fully saturated rings. The highest BCUT2D eigenvalue weighted by Gasteiger charge is 2.23. The molecule has 5 heteroatoms. The lowest BCUT2D eigenvalue weighted by Gasteiger charge is -2.26. The number of carbonyl (C=O) groups is 2. The van der Waals surface area contributed by atoms with Crippen molar-refractivity contribution in [2.24, 2.45) is 11.8 Å². The standard InChI is InChI=1S/C15H28N2O3/c1-4-12(5-2)10-17(11-15(19)20-3)14(18)9-16-8-13-6-7-13/h12-13,16H,4-11H2,1-3H3. The quantitative estimate of drug-likeness (QED) is 0.616. The molecule has 5 nitrogen and oxygen atoms in total. The first-order chi connectivity index (χ1) is 9.60. The van der Waals surface area contributed by atoms with E-state index in [1.165, 1.54) is 20.0 Å². The van der Waals surface area contributed by atoms with Crippen LogP contribution in [0.3, 0.4) is 0 Å². The highest BCUT2D eigenvalue weighted by Crippen LogP contribution is 2.27. The number of amides is 1. The van der Waals surface area contributed by atoms with Crippen LogP contribution < -0.4 is 5.32 Å². The van der Waals surface area contributed by atoms with Gasteiger partial charge in [0.25, 0.3) is 0 Å². The summed E-state index contributed by atoms with van der Waals surface area (Å²) in [5, 5.41) is 3.18. The molecule has 0 aromatic rings. The second-order valence-corrected chi connectivity index (χ2v) is 5.61. The summed E-state index contributed by atoms with van der Waals surface area (Å²) in [6.07, 6.45) is 4.55. The summed E-state index contributed by atoms with van der Waals surface area (Å²) in [6, 6.07) is 0. The van der Waals surface area contributed by atoms with E-state index >= 15 is 0 Å². The predicted octanol–water partition coefficient (Wildman–Crippen LogP) is 1.42. The highest BCUT2D eigenvalue weighted by atomic mass is 16.5. The smallest absolute Gasteiger partial charge is 0.325 e. The van der Waals surface area contributed by atoms with Gasteiger partial charge in [-0.1, -0.05) is 26.7 Å². The molecule has 116 valence electrons. The summed E-state index contributed by atoms with van der Waals surface area (Å²) >= 11 is 0. The van der Waals surface area contributed by atoms with E-state index in [1.807, 2.05) is 0 Å². The fraction of sp³-hybridized carbons (Fsp3) is 0.867. The van der Waals surface area contributed by atoms with Gasteiger partial charge < -0.3 is 15.0 Å². The van der Waals surface area contributed by atoms with Crippen LogP contribution in [0.5, 0.6) is 0 Å². The van der Waals surface area contributed by atoms with Crippen LogP contribution in [0.4, 0.5) is 0 Å². The summed E-state index contributed by atoms with van der Waals surface area (Å²) in [5.74, 6) is 0.817. The molecule has 0 bridgehead atoms. The van der Waals surface area contributed by atoms with E-state index < -0.39 is 0 Å². The third-order valence-corrected chi connectivity index (χ3v) is 3.94. The Hall–Kier alpha value is -1.10. The van der Waals surface area contributed by atoms with Crippen molar-refractivity contribution in [2.75, 3.05) is 33.3 Å². The van der Waals surface area contributed by atoms with Crippen molar-refractivity contribution >= 4 is 11.9 Å². The molecule has 1 amide bonds. The van der Waals surface area contributed by atoms with Gasteiger partial charge in [0.05, 0.1) is 13.7 Å². The van der Waals surface area contributed by atoms with Crippen molar-refractivity contribution in [3.8, 4) is 0 Å². The Bertz CT molecular complexity index is 312. The van der Waals surface area contributed by atoms with Gasteiger partial charge in [-0.15, -0.1) is 0 Å². The number of rotatable bonds is 10. The fourth-order valence-corrected chi connectivity index (χ4v) is 2.15. The Kier molecular flexibility index (Phi) is 7.59. The lowest BCUT2D eigenvalue weighted by molar-refractivity contribution is -0.147. The molecule has 0 saturated heterocycles. The SMILES string of the molecule is CCC(CC)CN(CC(=O)OC)C(=O)CNCC1CC1. The topological polar surface area (TPSA) is 58.6 Å². The molecule has 20 heavy (non-hydrogen) atoms. The summed E-state index contributed by atoms with van der Waals surface area (Å²) < 4.78 is 4.68. The third kappa shape index (κ3) is 6.37. The first kappa shape index (κ1) is 17.0. The van der Waals surface area contributed by atoms with Gasteiger partial charge in [-0.25, -0.2) is 0 Å². The number of ether oxygens (including phenoxy) is 1. The first-order valence-electron chi connectivity index (χ1n) is 7.65. The van der Waals surface area contributed by atoms with E-state index in [9.17, 15) is 9.59 Å². The number of methoxy groups -OCH3 is 1. The average molecular weight is 284 g/mol. The van der Waals surface area contributed by atoms with Crippen molar-refractivity contribution < 1.29 is 14.3 Å². The zero-order chi connectivity index (χ0) is 15.0. The molecular formula is C15H28N2O3. The van der Waals surface area contributed by atoms with E-state index in [0.29, 0.717) is 19.0 Å². The minimum Gasteiger partial charge on any atom is -0.468 e. The summed E-state index contributed by atoms with van der Waals surface area (Å²) in [4.78, 5) is 25.3. The van der Waals surface area contributed by atoms with Gasteiger partial charge in [0.2, 0.25) is 5.91 Å². The highest BCUT2D eigenvalue weighted by molar-refractivity contribution is 5.83. The van der Waals surface area contributed by atoms with Gasteiger partial charge >= 0.3 is 5.97 Å². The van der Waals surface area contributed by atoms with Crippen LogP contribution in [0.2, 0.25) is 0 Å². The Morgan fingerprint density at radius 2 is 1.95 bits per heavy atom. The number of carbonyl (C=O) groups excluding carboxylic acids is 2. The van der Waals surface area contributed by atoms with Crippen molar-refractivity contribution in [2.45, 2.75) is 39.5 Å². The third-order valence-electron chi connectivity index (χ3n) is 3.94. The summed E-state index contributed by atoms with van der Waals surface area (Å²) in [6.45, 7) is 6.13. The molecule has 0 aliphatic heterocycles. The second kappa shape index (κ2) is 8.95. The van der Waals surface area contributed by atoms with Crippen LogP contribution in [-0.2, 0) is 14.3 Å². The van der Waals surface area contributed by atoms with E-state index in [1.54, 1.807) is 4.90 Å². The molecule has 0 atom stereocenters. The summed E-state index contributed by atoms with van der Waals surface area (Å²) in [7, 11) is 1.35. The molecule has 0 aromatic carbocycles. The maximum atomic E-state index is 12.2. The molecule has 0 spiro atoms. The van der Waals surface area contributed by atoms with Gasteiger partial charge in [0.15, 0.2) is 0 Å². The van der Waals surface area contributed by atoms with Crippen LogP contribution in [-0.4, -0.2) is 50.1 Å². The minimum atomic E-state index is -0.355. The zero-order valence-corrected chi connectivity index (χ0v) is 13.0. The van der Waals surface area contributed by atoms with E-state index in [0.717, 1.165) is 25.3 Å². The van der Waals surface area contributed by atoms with Gasteiger partial charge in [0.1, 0.15) is 6.54 Å². The number of hydrogen-bond acceptors (Lipinski definition) is 4. The molecule has 1 saturated carbocycles. The van der Waals surface area contributed by atoms with Gasteiger partial charge in [-0.05, 0) is 31.2 Å². The van der Waals surface area contributed by atoms with Gasteiger partial charge in [-0.3, -0.25) is 9.59 Å². The Labute approximate surface area is 122 Å². The Morgan fingerprint density at radius 1 is 1.30 bits per heavy atom. The number of nitrogens with one attached hydrogen (secondary N) is 1. The molecule has 1 aliphatic carbocycles. The molecular weight excluding hydrogens is 256 g/mol. The molecule has 0 aromatic heterocycles. The van der Waals surface area contributed by atoms with E-state index in [4.69, 9.17) is 0 Å². The maximum absolute atomic E-state index is 12.2. The lowest BCUT2D eigenvalue weighted by Crippen LogP contribution is -2.44. The first-order valence-corrected chi connectivity index (χ1v) is 7.65. The van der Waals surface area contributed by atoms with Crippen LogP contribution in [0.1, 0.15) is 39.5 Å². The van der Waals surface area contributed by atoms with Crippen LogP contribution >= 0.6 is 0 Å². The second-order valence-electron chi connectivity index (χ2n) is 5.61. The van der Waals surface area contributed by atoms with Gasteiger partial charge in [-0.2, -0.15) is 0 Å². The summed E-state index contributed by atoms with van der Waals surface area (Å²) in [5.41, 5.74) is 0.